The number of hydrogen-bond acceptors (Lipinski definition) is 9. The zero-order chi connectivity index (χ0) is 23.3. The molecule has 12 heteroatoms. The third-order valence-corrected chi connectivity index (χ3v) is 6.64. The van der Waals surface area contributed by atoms with Gasteiger partial charge in [0.25, 0.3) is 5.91 Å². The highest BCUT2D eigenvalue weighted by molar-refractivity contribution is 7.99. The lowest BCUT2D eigenvalue weighted by atomic mass is 10.2. The summed E-state index contributed by atoms with van der Waals surface area (Å²) in [6.07, 6.45) is 0. The van der Waals surface area contributed by atoms with Crippen molar-refractivity contribution in [3.05, 3.63) is 46.2 Å². The van der Waals surface area contributed by atoms with Crippen molar-refractivity contribution < 1.29 is 19.4 Å². The molecule has 3 aromatic rings. The third kappa shape index (κ3) is 5.64. The number of hydrogen-bond donors (Lipinski definition) is 3. The first-order chi connectivity index (χ1) is 15.3. The van der Waals surface area contributed by atoms with Crippen LogP contribution in [0, 0.1) is 13.8 Å². The van der Waals surface area contributed by atoms with Gasteiger partial charge >= 0.3 is 0 Å². The van der Waals surface area contributed by atoms with Crippen molar-refractivity contribution in [1.29, 1.82) is 0 Å². The van der Waals surface area contributed by atoms with Crippen LogP contribution >= 0.6 is 23.1 Å². The largest absolute Gasteiger partial charge is 0.497 e. The van der Waals surface area contributed by atoms with E-state index in [-0.39, 0.29) is 24.2 Å². The van der Waals surface area contributed by atoms with Crippen molar-refractivity contribution in [1.82, 2.24) is 25.1 Å². The van der Waals surface area contributed by atoms with E-state index in [1.807, 2.05) is 13.8 Å². The quantitative estimate of drug-likeness (QED) is 0.400. The van der Waals surface area contributed by atoms with Gasteiger partial charge in [-0.3, -0.25) is 9.59 Å². The van der Waals surface area contributed by atoms with Crippen molar-refractivity contribution in [3.8, 4) is 5.75 Å². The molecular formula is C20H24N6O4S2. The molecule has 0 bridgehead atoms. The number of thiazole rings is 1. The Morgan fingerprint density at radius 2 is 1.97 bits per heavy atom. The van der Waals surface area contributed by atoms with Crippen LogP contribution in [0.5, 0.6) is 5.75 Å². The number of aryl methyl sites for hydroxylation is 2. The van der Waals surface area contributed by atoms with Crippen molar-refractivity contribution >= 4 is 40.0 Å². The highest BCUT2D eigenvalue weighted by Gasteiger charge is 2.22. The molecule has 1 unspecified atom stereocenters. The van der Waals surface area contributed by atoms with Gasteiger partial charge in [0, 0.05) is 17.5 Å². The number of benzene rings is 1. The Balaban J connectivity index is 1.61. The number of carbonyl (C=O) groups excluding carboxylic acids is 2. The number of aliphatic hydroxyl groups excluding tert-OH is 1. The topological polar surface area (TPSA) is 131 Å². The first-order valence-corrected chi connectivity index (χ1v) is 11.4. The summed E-state index contributed by atoms with van der Waals surface area (Å²) in [6.45, 7) is 3.48. The highest BCUT2D eigenvalue weighted by Crippen LogP contribution is 2.23. The summed E-state index contributed by atoms with van der Waals surface area (Å²) >= 11 is 2.62. The molecule has 2 aromatic heterocycles. The van der Waals surface area contributed by atoms with Crippen LogP contribution in [0.4, 0.5) is 5.13 Å². The fraction of sp³-hybridized carbons (Fsp3) is 0.350. The number of anilines is 1. The van der Waals surface area contributed by atoms with Crippen molar-refractivity contribution in [2.75, 3.05) is 24.8 Å². The molecular weight excluding hydrogens is 452 g/mol. The van der Waals surface area contributed by atoms with Gasteiger partial charge in [0.05, 0.1) is 25.2 Å². The molecule has 1 atom stereocenters. The van der Waals surface area contributed by atoms with Gasteiger partial charge in [0.2, 0.25) is 5.91 Å². The normalized spacial score (nSPS) is 11.8. The van der Waals surface area contributed by atoms with Gasteiger partial charge in [0.1, 0.15) is 11.8 Å². The minimum atomic E-state index is -0.758. The average molecular weight is 477 g/mol. The second-order valence-electron chi connectivity index (χ2n) is 6.83. The maximum absolute atomic E-state index is 12.5. The third-order valence-electron chi connectivity index (χ3n) is 4.63. The summed E-state index contributed by atoms with van der Waals surface area (Å²) in [5.74, 6) is 0.561. The Kier molecular flexibility index (Phi) is 7.83. The first kappa shape index (κ1) is 23.7. The van der Waals surface area contributed by atoms with Gasteiger partial charge in [-0.15, -0.1) is 21.5 Å². The van der Waals surface area contributed by atoms with E-state index in [0.717, 1.165) is 10.6 Å². The summed E-state index contributed by atoms with van der Waals surface area (Å²) < 4.78 is 6.73. The van der Waals surface area contributed by atoms with Crippen LogP contribution in [0.15, 0.2) is 29.4 Å². The predicted molar refractivity (Wildman–Crippen MR) is 122 cm³/mol. The van der Waals surface area contributed by atoms with Crippen LogP contribution in [0.2, 0.25) is 0 Å². The monoisotopic (exact) mass is 476 g/mol. The number of aromatic nitrogens is 4. The SMILES string of the molecule is COc1ccc(C(=O)NC(CO)c2nnc(SCC(=O)Nc3nc(C)c(C)s3)n2C)cc1. The van der Waals surface area contributed by atoms with Crippen LogP contribution in [0.25, 0.3) is 0 Å². The fourth-order valence-corrected chi connectivity index (χ4v) is 4.29. The van der Waals surface area contributed by atoms with E-state index in [4.69, 9.17) is 4.74 Å². The predicted octanol–water partition coefficient (Wildman–Crippen LogP) is 2.09. The molecule has 2 heterocycles. The fourth-order valence-electron chi connectivity index (χ4n) is 2.74. The summed E-state index contributed by atoms with van der Waals surface area (Å²) in [4.78, 5) is 30.1. The molecule has 3 N–H and O–H groups in total. The minimum absolute atomic E-state index is 0.117. The second kappa shape index (κ2) is 10.6. The van der Waals surface area contributed by atoms with Crippen LogP contribution in [0.3, 0.4) is 0 Å². The molecule has 170 valence electrons. The molecule has 0 radical (unpaired) electrons. The minimum Gasteiger partial charge on any atom is -0.497 e. The molecule has 3 rings (SSSR count). The maximum Gasteiger partial charge on any atom is 0.251 e. The number of ether oxygens (including phenoxy) is 1. The Hall–Kier alpha value is -2.96. The van der Waals surface area contributed by atoms with Crippen LogP contribution in [-0.2, 0) is 11.8 Å². The zero-order valence-corrected chi connectivity index (χ0v) is 19.7. The Morgan fingerprint density at radius 3 is 2.56 bits per heavy atom. The molecule has 0 spiro atoms. The van der Waals surface area contributed by atoms with Gasteiger partial charge < -0.3 is 25.0 Å². The maximum atomic E-state index is 12.5. The van der Waals surface area contributed by atoms with Gasteiger partial charge in [-0.25, -0.2) is 4.98 Å². The Bertz CT molecular complexity index is 1080. The molecule has 0 aliphatic rings. The Morgan fingerprint density at radius 1 is 1.25 bits per heavy atom. The Labute approximate surface area is 193 Å². The first-order valence-electron chi connectivity index (χ1n) is 9.64. The molecule has 0 saturated carbocycles. The van der Waals surface area contributed by atoms with Gasteiger partial charge in [-0.1, -0.05) is 11.8 Å². The number of carbonyl (C=O) groups is 2. The number of nitrogens with one attached hydrogen (secondary N) is 2. The van der Waals surface area contributed by atoms with Gasteiger partial charge in [0.15, 0.2) is 16.1 Å². The summed E-state index contributed by atoms with van der Waals surface area (Å²) in [6, 6.07) is 5.86. The molecule has 0 saturated heterocycles. The van der Waals surface area contributed by atoms with E-state index in [0.29, 0.717) is 27.4 Å². The molecule has 2 amide bonds. The molecule has 32 heavy (non-hydrogen) atoms. The summed E-state index contributed by atoms with van der Waals surface area (Å²) in [5.41, 5.74) is 1.31. The van der Waals surface area contributed by atoms with E-state index in [1.54, 1.807) is 43.0 Å². The molecule has 1 aromatic carbocycles. The number of aliphatic hydroxyl groups is 1. The number of amides is 2. The summed E-state index contributed by atoms with van der Waals surface area (Å²) in [5, 5.41) is 24.6. The van der Waals surface area contributed by atoms with E-state index >= 15 is 0 Å². The van der Waals surface area contributed by atoms with Crippen LogP contribution in [-0.4, -0.2) is 56.1 Å². The van der Waals surface area contributed by atoms with Crippen LogP contribution < -0.4 is 15.4 Å². The van der Waals surface area contributed by atoms with E-state index < -0.39 is 6.04 Å². The lowest BCUT2D eigenvalue weighted by Crippen LogP contribution is -2.32. The lowest BCUT2D eigenvalue weighted by Gasteiger charge is -2.16. The standard InChI is InChI=1S/C20H24N6O4S2/c1-11-12(2)32-19(21-11)23-16(28)10-31-20-25-24-17(26(20)3)15(9-27)22-18(29)13-5-7-14(30-4)8-6-13/h5-8,15,27H,9-10H2,1-4H3,(H,22,29)(H,21,23,28). The van der Waals surface area contributed by atoms with E-state index in [9.17, 15) is 14.7 Å². The van der Waals surface area contributed by atoms with Crippen molar-refractivity contribution in [2.45, 2.75) is 25.0 Å². The molecule has 10 nitrogen and oxygen atoms in total. The van der Waals surface area contributed by atoms with E-state index in [2.05, 4.69) is 25.8 Å². The van der Waals surface area contributed by atoms with Gasteiger partial charge in [-0.05, 0) is 38.1 Å². The van der Waals surface area contributed by atoms with Gasteiger partial charge in [-0.2, -0.15) is 0 Å². The lowest BCUT2D eigenvalue weighted by molar-refractivity contribution is -0.113. The van der Waals surface area contributed by atoms with Crippen molar-refractivity contribution in [2.24, 2.45) is 7.05 Å². The average Bonchev–Trinajstić information content (AvgIpc) is 3.31. The van der Waals surface area contributed by atoms with E-state index in [1.165, 1.54) is 23.1 Å². The molecule has 0 aliphatic carbocycles. The molecule has 0 fully saturated rings. The van der Waals surface area contributed by atoms with Crippen molar-refractivity contribution in [3.63, 3.8) is 0 Å². The molecule has 0 aliphatic heterocycles. The smallest absolute Gasteiger partial charge is 0.251 e. The highest BCUT2D eigenvalue weighted by atomic mass is 32.2. The van der Waals surface area contributed by atoms with Crippen LogP contribution in [0.1, 0.15) is 32.8 Å². The summed E-state index contributed by atoms with van der Waals surface area (Å²) in [7, 11) is 3.26. The zero-order valence-electron chi connectivity index (χ0n) is 18.1. The number of rotatable bonds is 9. The number of nitrogens with zero attached hydrogens (tertiary/aromatic N) is 4. The number of thioether (sulfide) groups is 1. The second-order valence-corrected chi connectivity index (χ2v) is 8.98. The number of methoxy groups -OCH3 is 1.